The third kappa shape index (κ3) is 4.34. The Morgan fingerprint density at radius 2 is 1.81 bits per heavy atom. The highest BCUT2D eigenvalue weighted by Gasteiger charge is 2.32. The molecule has 1 aliphatic heterocycles. The third-order valence-electron chi connectivity index (χ3n) is 6.19. The van der Waals surface area contributed by atoms with Crippen molar-refractivity contribution < 1.29 is 4.74 Å². The lowest BCUT2D eigenvalue weighted by molar-refractivity contribution is 0.340. The summed E-state index contributed by atoms with van der Waals surface area (Å²) in [6, 6.07) is 28.2. The van der Waals surface area contributed by atoms with Crippen LogP contribution in [0.1, 0.15) is 29.8 Å². The van der Waals surface area contributed by atoms with E-state index in [1.807, 2.05) is 60.5 Å². The normalized spacial score (nSPS) is 15.3. The van der Waals surface area contributed by atoms with E-state index in [2.05, 4.69) is 41.8 Å². The highest BCUT2D eigenvalue weighted by atomic mass is 35.5. The number of ether oxygens (including phenoxy) is 1. The Labute approximate surface area is 218 Å². The zero-order chi connectivity index (χ0) is 24.5. The Morgan fingerprint density at radius 1 is 0.972 bits per heavy atom. The highest BCUT2D eigenvalue weighted by Crippen LogP contribution is 2.38. The molecule has 36 heavy (non-hydrogen) atoms. The van der Waals surface area contributed by atoms with Crippen LogP contribution in [-0.4, -0.2) is 22.3 Å². The molecule has 3 heterocycles. The van der Waals surface area contributed by atoms with E-state index < -0.39 is 0 Å². The molecule has 5 nitrogen and oxygen atoms in total. The number of hydrogen-bond donors (Lipinski definition) is 0. The summed E-state index contributed by atoms with van der Waals surface area (Å²) in [5, 5.41) is 10.7. The molecule has 0 N–H and O–H groups in total. The molecule has 178 valence electrons. The molecule has 0 bridgehead atoms. The van der Waals surface area contributed by atoms with Gasteiger partial charge in [-0.1, -0.05) is 60.1 Å². The number of aromatic nitrogens is 2. The molecule has 5 aromatic rings. The van der Waals surface area contributed by atoms with Crippen molar-refractivity contribution in [1.82, 2.24) is 9.97 Å². The maximum absolute atomic E-state index is 6.36. The Morgan fingerprint density at radius 3 is 2.56 bits per heavy atom. The lowest BCUT2D eigenvalue weighted by Gasteiger charge is -2.23. The Kier molecular flexibility index (Phi) is 6.13. The van der Waals surface area contributed by atoms with Crippen LogP contribution in [0.2, 0.25) is 5.02 Å². The molecule has 0 saturated carbocycles. The molecule has 0 fully saturated rings. The third-order valence-corrected chi connectivity index (χ3v) is 7.34. The molecule has 0 spiro atoms. The minimum absolute atomic E-state index is 0.0360. The average molecular weight is 511 g/mol. The second-order valence-electron chi connectivity index (χ2n) is 8.49. The predicted molar refractivity (Wildman–Crippen MR) is 148 cm³/mol. The number of anilines is 1. The van der Waals surface area contributed by atoms with Gasteiger partial charge in [-0.15, -0.1) is 11.3 Å². The number of fused-ring (bicyclic) bond motifs is 1. The number of thiophene rings is 1. The first-order valence-corrected chi connectivity index (χ1v) is 13.1. The summed E-state index contributed by atoms with van der Waals surface area (Å²) in [5.41, 5.74) is 4.84. The first-order valence-electron chi connectivity index (χ1n) is 11.9. The lowest BCUT2D eigenvalue weighted by Crippen LogP contribution is -2.21. The minimum Gasteiger partial charge on any atom is -0.494 e. The van der Waals surface area contributed by atoms with Crippen molar-refractivity contribution >= 4 is 45.5 Å². The van der Waals surface area contributed by atoms with E-state index >= 15 is 0 Å². The van der Waals surface area contributed by atoms with E-state index in [4.69, 9.17) is 31.4 Å². The van der Waals surface area contributed by atoms with Gasteiger partial charge in [0.05, 0.1) is 34.4 Å². The second kappa shape index (κ2) is 9.72. The molecule has 0 radical (unpaired) electrons. The first-order chi connectivity index (χ1) is 17.7. The van der Waals surface area contributed by atoms with Gasteiger partial charge in [0.15, 0.2) is 0 Å². The van der Waals surface area contributed by atoms with Gasteiger partial charge in [0.25, 0.3) is 0 Å². The lowest BCUT2D eigenvalue weighted by atomic mass is 10.0. The van der Waals surface area contributed by atoms with Crippen LogP contribution in [0.25, 0.3) is 22.2 Å². The van der Waals surface area contributed by atoms with Crippen molar-refractivity contribution in [2.24, 2.45) is 5.10 Å². The molecule has 0 saturated heterocycles. The standard InChI is InChI=1S/C29H23ClN4OS/c1-2-35-22-13-10-19(11-14-22)26-18-25(27-9-6-16-36-27)33-34(26)29-31-24-15-12-21(30)17-23(24)28(32-29)20-7-4-3-5-8-20/h3-17,26H,2,18H2,1H3. The summed E-state index contributed by atoms with van der Waals surface area (Å²) >= 11 is 8.06. The molecule has 0 aliphatic carbocycles. The summed E-state index contributed by atoms with van der Waals surface area (Å²) in [6.45, 7) is 2.63. The fourth-order valence-corrected chi connectivity index (χ4v) is 5.40. The van der Waals surface area contributed by atoms with Crippen LogP contribution in [0, 0.1) is 0 Å². The van der Waals surface area contributed by atoms with Crippen LogP contribution >= 0.6 is 22.9 Å². The van der Waals surface area contributed by atoms with Crippen LogP contribution in [0.15, 0.2) is 95.4 Å². The Balaban J connectivity index is 1.50. The van der Waals surface area contributed by atoms with Crippen LogP contribution in [0.4, 0.5) is 5.95 Å². The van der Waals surface area contributed by atoms with E-state index in [9.17, 15) is 0 Å². The smallest absolute Gasteiger partial charge is 0.247 e. The zero-order valence-electron chi connectivity index (χ0n) is 19.6. The van der Waals surface area contributed by atoms with Gasteiger partial charge in [-0.3, -0.25) is 0 Å². The van der Waals surface area contributed by atoms with Crippen molar-refractivity contribution in [3.05, 3.63) is 106 Å². The molecule has 2 aromatic heterocycles. The molecule has 0 amide bonds. The molecular weight excluding hydrogens is 488 g/mol. The monoisotopic (exact) mass is 510 g/mol. The number of hydrogen-bond acceptors (Lipinski definition) is 6. The SMILES string of the molecule is CCOc1ccc(C2CC(c3cccs3)=NN2c2nc(-c3ccccc3)c3cc(Cl)ccc3n2)cc1. The quantitative estimate of drug-likeness (QED) is 0.234. The largest absolute Gasteiger partial charge is 0.494 e. The average Bonchev–Trinajstić information content (AvgIpc) is 3.60. The van der Waals surface area contributed by atoms with Gasteiger partial charge in [0.1, 0.15) is 5.75 Å². The Hall–Kier alpha value is -3.74. The van der Waals surface area contributed by atoms with Crippen LogP contribution in [0.5, 0.6) is 5.75 Å². The Bertz CT molecular complexity index is 1540. The maximum atomic E-state index is 6.36. The van der Waals surface area contributed by atoms with Crippen molar-refractivity contribution in [2.75, 3.05) is 11.6 Å². The van der Waals surface area contributed by atoms with Gasteiger partial charge in [0.2, 0.25) is 5.95 Å². The minimum atomic E-state index is -0.0360. The van der Waals surface area contributed by atoms with Crippen molar-refractivity contribution in [3.63, 3.8) is 0 Å². The van der Waals surface area contributed by atoms with Gasteiger partial charge >= 0.3 is 0 Å². The molecule has 1 aliphatic rings. The highest BCUT2D eigenvalue weighted by molar-refractivity contribution is 7.12. The fourth-order valence-electron chi connectivity index (χ4n) is 4.51. The summed E-state index contributed by atoms with van der Waals surface area (Å²) in [5.74, 6) is 1.42. The maximum Gasteiger partial charge on any atom is 0.247 e. The number of benzene rings is 3. The van der Waals surface area contributed by atoms with Gasteiger partial charge in [-0.05, 0) is 54.3 Å². The van der Waals surface area contributed by atoms with Gasteiger partial charge in [-0.2, -0.15) is 5.10 Å². The molecular formula is C29H23ClN4OS. The van der Waals surface area contributed by atoms with Crippen LogP contribution in [-0.2, 0) is 0 Å². The number of hydrazone groups is 1. The zero-order valence-corrected chi connectivity index (χ0v) is 21.2. The van der Waals surface area contributed by atoms with Gasteiger partial charge in [0, 0.05) is 22.4 Å². The van der Waals surface area contributed by atoms with E-state index in [0.717, 1.165) is 50.5 Å². The van der Waals surface area contributed by atoms with E-state index in [1.54, 1.807) is 11.3 Å². The molecule has 3 aromatic carbocycles. The second-order valence-corrected chi connectivity index (χ2v) is 9.87. The van der Waals surface area contributed by atoms with Crippen LogP contribution < -0.4 is 9.75 Å². The topological polar surface area (TPSA) is 50.6 Å². The van der Waals surface area contributed by atoms with E-state index in [1.165, 1.54) is 0 Å². The van der Waals surface area contributed by atoms with Crippen molar-refractivity contribution in [2.45, 2.75) is 19.4 Å². The van der Waals surface area contributed by atoms with Gasteiger partial charge in [-0.25, -0.2) is 15.0 Å². The van der Waals surface area contributed by atoms with E-state index in [0.29, 0.717) is 17.6 Å². The summed E-state index contributed by atoms with van der Waals surface area (Å²) in [7, 11) is 0. The molecule has 1 atom stereocenters. The number of rotatable bonds is 6. The molecule has 6 rings (SSSR count). The summed E-state index contributed by atoms with van der Waals surface area (Å²) in [6.07, 6.45) is 0.761. The van der Waals surface area contributed by atoms with E-state index in [-0.39, 0.29) is 6.04 Å². The van der Waals surface area contributed by atoms with Crippen LogP contribution in [0.3, 0.4) is 0 Å². The predicted octanol–water partition coefficient (Wildman–Crippen LogP) is 7.77. The first kappa shape index (κ1) is 22.7. The van der Waals surface area contributed by atoms with Gasteiger partial charge < -0.3 is 4.74 Å². The number of halogens is 1. The molecule has 1 unspecified atom stereocenters. The summed E-state index contributed by atoms with van der Waals surface area (Å²) in [4.78, 5) is 11.2. The van der Waals surface area contributed by atoms with Crippen molar-refractivity contribution in [1.29, 1.82) is 0 Å². The summed E-state index contributed by atoms with van der Waals surface area (Å²) < 4.78 is 5.66. The fraction of sp³-hybridized carbons (Fsp3) is 0.138. The number of nitrogens with zero attached hydrogens (tertiary/aromatic N) is 4. The molecule has 7 heteroatoms. The van der Waals surface area contributed by atoms with Crippen molar-refractivity contribution in [3.8, 4) is 17.0 Å².